The zero-order valence-corrected chi connectivity index (χ0v) is 13.3. The molecule has 0 N–H and O–H groups in total. The highest BCUT2D eigenvalue weighted by Gasteiger charge is 2.35. The Hall–Kier alpha value is -2.40. The Balaban J connectivity index is 1.84. The topological polar surface area (TPSA) is 51.7 Å². The van der Waals surface area contributed by atoms with E-state index in [0.717, 1.165) is 12.0 Å². The van der Waals surface area contributed by atoms with Crippen LogP contribution in [0.1, 0.15) is 28.4 Å². The molecule has 0 unspecified atom stereocenters. The molecule has 3 rings (SSSR count). The van der Waals surface area contributed by atoms with Gasteiger partial charge in [0, 0.05) is 31.6 Å². The van der Waals surface area contributed by atoms with Crippen LogP contribution < -0.4 is 4.74 Å². The van der Waals surface area contributed by atoms with Gasteiger partial charge in [-0.25, -0.2) is 0 Å². The van der Waals surface area contributed by atoms with Crippen LogP contribution in [-0.2, 0) is 4.74 Å². The standard InChI is InChI=1S/C18H20N2O3/c1-20(18(21)14-7-3-4-8-16(14)22-2)15-9-11-23-17(15)13-6-5-10-19-12-13/h3-8,10,12,15,17H,9,11H2,1-2H3/t15-,17+/m0/s1. The minimum Gasteiger partial charge on any atom is -0.496 e. The second kappa shape index (κ2) is 6.79. The third-order valence-electron chi connectivity index (χ3n) is 4.23. The maximum absolute atomic E-state index is 12.9. The van der Waals surface area contributed by atoms with Crippen molar-refractivity contribution in [1.29, 1.82) is 0 Å². The van der Waals surface area contributed by atoms with E-state index in [1.807, 2.05) is 31.3 Å². The monoisotopic (exact) mass is 312 g/mol. The highest BCUT2D eigenvalue weighted by atomic mass is 16.5. The summed E-state index contributed by atoms with van der Waals surface area (Å²) in [6, 6.07) is 11.1. The van der Waals surface area contributed by atoms with E-state index >= 15 is 0 Å². The van der Waals surface area contributed by atoms with Crippen LogP contribution in [0.3, 0.4) is 0 Å². The molecule has 2 atom stereocenters. The Morgan fingerprint density at radius 3 is 2.87 bits per heavy atom. The number of likely N-dealkylation sites (N-methyl/N-ethyl adjacent to an activating group) is 1. The van der Waals surface area contributed by atoms with Crippen molar-refractivity contribution in [2.24, 2.45) is 0 Å². The molecule has 5 heteroatoms. The molecular formula is C18H20N2O3. The lowest BCUT2D eigenvalue weighted by Gasteiger charge is -2.29. The van der Waals surface area contributed by atoms with Crippen LogP contribution in [-0.4, -0.2) is 42.6 Å². The molecule has 1 aliphatic heterocycles. The molecular weight excluding hydrogens is 292 g/mol. The minimum atomic E-state index is -0.146. The first kappa shape index (κ1) is 15.5. The van der Waals surface area contributed by atoms with E-state index in [9.17, 15) is 4.79 Å². The highest BCUT2D eigenvalue weighted by Crippen LogP contribution is 2.33. The van der Waals surface area contributed by atoms with Gasteiger partial charge in [0.05, 0.1) is 18.7 Å². The third-order valence-corrected chi connectivity index (χ3v) is 4.23. The number of nitrogens with zero attached hydrogens (tertiary/aromatic N) is 2. The number of benzene rings is 1. The summed E-state index contributed by atoms with van der Waals surface area (Å²) in [7, 11) is 3.39. The summed E-state index contributed by atoms with van der Waals surface area (Å²) in [5, 5.41) is 0. The minimum absolute atomic E-state index is 0.0170. The van der Waals surface area contributed by atoms with E-state index in [1.165, 1.54) is 0 Å². The van der Waals surface area contributed by atoms with Crippen molar-refractivity contribution in [2.75, 3.05) is 20.8 Å². The van der Waals surface area contributed by atoms with Gasteiger partial charge in [0.15, 0.2) is 0 Å². The van der Waals surface area contributed by atoms with Crippen LogP contribution in [0.4, 0.5) is 0 Å². The van der Waals surface area contributed by atoms with Crippen LogP contribution in [0.2, 0.25) is 0 Å². The summed E-state index contributed by atoms with van der Waals surface area (Å²) in [4.78, 5) is 18.8. The molecule has 1 aromatic heterocycles. The average molecular weight is 312 g/mol. The van der Waals surface area contributed by atoms with Gasteiger partial charge in [0.1, 0.15) is 11.9 Å². The van der Waals surface area contributed by atoms with Crippen LogP contribution >= 0.6 is 0 Å². The SMILES string of the molecule is COc1ccccc1C(=O)N(C)[C@H]1CCO[C@@H]1c1cccnc1. The molecule has 0 spiro atoms. The second-order valence-electron chi connectivity index (χ2n) is 5.55. The molecule has 2 heterocycles. The highest BCUT2D eigenvalue weighted by molar-refractivity contribution is 5.97. The number of aromatic nitrogens is 1. The Morgan fingerprint density at radius 1 is 1.30 bits per heavy atom. The van der Waals surface area contributed by atoms with Gasteiger partial charge < -0.3 is 14.4 Å². The molecule has 120 valence electrons. The number of methoxy groups -OCH3 is 1. The van der Waals surface area contributed by atoms with Crippen molar-refractivity contribution in [1.82, 2.24) is 9.88 Å². The van der Waals surface area contributed by atoms with Crippen molar-refractivity contribution < 1.29 is 14.3 Å². The van der Waals surface area contributed by atoms with Gasteiger partial charge in [-0.15, -0.1) is 0 Å². The van der Waals surface area contributed by atoms with Crippen LogP contribution in [0, 0.1) is 0 Å². The molecule has 0 radical (unpaired) electrons. The maximum Gasteiger partial charge on any atom is 0.257 e. The van der Waals surface area contributed by atoms with Gasteiger partial charge in [-0.05, 0) is 24.6 Å². The summed E-state index contributed by atoms with van der Waals surface area (Å²) in [5.41, 5.74) is 1.56. The number of amides is 1. The molecule has 1 amide bonds. The number of carbonyl (C=O) groups is 1. The predicted octanol–water partition coefficient (Wildman–Crippen LogP) is 2.69. The van der Waals surface area contributed by atoms with E-state index in [4.69, 9.17) is 9.47 Å². The second-order valence-corrected chi connectivity index (χ2v) is 5.55. The summed E-state index contributed by atoms with van der Waals surface area (Å²) in [5.74, 6) is 0.521. The largest absolute Gasteiger partial charge is 0.496 e. The van der Waals surface area contributed by atoms with Crippen molar-refractivity contribution in [3.05, 3.63) is 59.9 Å². The first-order valence-electron chi connectivity index (χ1n) is 7.64. The Kier molecular flexibility index (Phi) is 4.57. The zero-order chi connectivity index (χ0) is 16.2. The number of hydrogen-bond acceptors (Lipinski definition) is 4. The molecule has 0 aliphatic carbocycles. The number of rotatable bonds is 4. The van der Waals surface area contributed by atoms with E-state index in [2.05, 4.69) is 4.98 Å². The first-order chi connectivity index (χ1) is 11.2. The smallest absolute Gasteiger partial charge is 0.257 e. The molecule has 1 fully saturated rings. The maximum atomic E-state index is 12.9. The van der Waals surface area contributed by atoms with Gasteiger partial charge in [-0.1, -0.05) is 18.2 Å². The van der Waals surface area contributed by atoms with E-state index < -0.39 is 0 Å². The van der Waals surface area contributed by atoms with Gasteiger partial charge in [-0.2, -0.15) is 0 Å². The van der Waals surface area contributed by atoms with Gasteiger partial charge in [-0.3, -0.25) is 9.78 Å². The Morgan fingerprint density at radius 2 is 2.13 bits per heavy atom. The van der Waals surface area contributed by atoms with Crippen molar-refractivity contribution >= 4 is 5.91 Å². The van der Waals surface area contributed by atoms with Gasteiger partial charge >= 0.3 is 0 Å². The molecule has 5 nitrogen and oxygen atoms in total. The normalized spacial score (nSPS) is 20.3. The zero-order valence-electron chi connectivity index (χ0n) is 13.3. The van der Waals surface area contributed by atoms with Crippen LogP contribution in [0.25, 0.3) is 0 Å². The lowest BCUT2D eigenvalue weighted by molar-refractivity contribution is 0.0512. The number of hydrogen-bond donors (Lipinski definition) is 0. The molecule has 1 aliphatic rings. The molecule has 0 saturated carbocycles. The first-order valence-corrected chi connectivity index (χ1v) is 7.64. The lowest BCUT2D eigenvalue weighted by atomic mass is 10.0. The number of carbonyl (C=O) groups excluding carboxylic acids is 1. The number of pyridine rings is 1. The van der Waals surface area contributed by atoms with E-state index in [-0.39, 0.29) is 18.1 Å². The van der Waals surface area contributed by atoms with Crippen molar-refractivity contribution in [3.63, 3.8) is 0 Å². The fourth-order valence-corrected chi connectivity index (χ4v) is 3.00. The Labute approximate surface area is 135 Å². The van der Waals surface area contributed by atoms with E-state index in [0.29, 0.717) is 17.9 Å². The molecule has 1 aromatic carbocycles. The molecule has 0 bridgehead atoms. The van der Waals surface area contributed by atoms with Gasteiger partial charge in [0.2, 0.25) is 0 Å². The van der Waals surface area contributed by atoms with Gasteiger partial charge in [0.25, 0.3) is 5.91 Å². The molecule has 2 aromatic rings. The Bertz CT molecular complexity index is 675. The fraction of sp³-hybridized carbons (Fsp3) is 0.333. The fourth-order valence-electron chi connectivity index (χ4n) is 3.00. The molecule has 1 saturated heterocycles. The third kappa shape index (κ3) is 3.05. The van der Waals surface area contributed by atoms with Crippen molar-refractivity contribution in [2.45, 2.75) is 18.6 Å². The molecule has 23 heavy (non-hydrogen) atoms. The predicted molar refractivity (Wildman–Crippen MR) is 86.4 cm³/mol. The summed E-state index contributed by atoms with van der Waals surface area (Å²) in [6.45, 7) is 0.633. The summed E-state index contributed by atoms with van der Waals surface area (Å²) >= 11 is 0. The summed E-state index contributed by atoms with van der Waals surface area (Å²) in [6.07, 6.45) is 4.19. The summed E-state index contributed by atoms with van der Waals surface area (Å²) < 4.78 is 11.2. The van der Waals surface area contributed by atoms with Crippen molar-refractivity contribution in [3.8, 4) is 5.75 Å². The van der Waals surface area contributed by atoms with Crippen LogP contribution in [0.5, 0.6) is 5.75 Å². The number of ether oxygens (including phenoxy) is 2. The quantitative estimate of drug-likeness (QED) is 0.871. The number of para-hydroxylation sites is 1. The van der Waals surface area contributed by atoms with E-state index in [1.54, 1.807) is 36.5 Å². The lowest BCUT2D eigenvalue weighted by Crippen LogP contribution is -2.39. The average Bonchev–Trinajstić information content (AvgIpc) is 3.11. The van der Waals surface area contributed by atoms with Crippen LogP contribution in [0.15, 0.2) is 48.8 Å².